The number of nitrogens with zero attached hydrogens (tertiary/aromatic N) is 2. The number of piperidine rings is 1. The number of benzene rings is 2. The first kappa shape index (κ1) is 27.8. The minimum absolute atomic E-state index is 0.105. The van der Waals surface area contributed by atoms with Crippen LogP contribution in [0, 0.1) is 29.5 Å². The maximum absolute atomic E-state index is 14.0. The topological polar surface area (TPSA) is 82.9 Å². The van der Waals surface area contributed by atoms with Crippen LogP contribution in [-0.2, 0) is 4.79 Å². The lowest BCUT2D eigenvalue weighted by Gasteiger charge is -2.38. The minimum atomic E-state index is -0.809. The lowest BCUT2D eigenvalue weighted by molar-refractivity contribution is -0.137. The zero-order valence-corrected chi connectivity index (χ0v) is 22.1. The van der Waals surface area contributed by atoms with Crippen molar-refractivity contribution < 1.29 is 24.1 Å². The Kier molecular flexibility index (Phi) is 9.57. The van der Waals surface area contributed by atoms with E-state index in [0.29, 0.717) is 41.6 Å². The lowest BCUT2D eigenvalue weighted by Crippen LogP contribution is -2.41. The van der Waals surface area contributed by atoms with Gasteiger partial charge in [0.1, 0.15) is 11.6 Å². The second-order valence-electron chi connectivity index (χ2n) is 9.78. The van der Waals surface area contributed by atoms with Gasteiger partial charge in [0.05, 0.1) is 30.8 Å². The second-order valence-corrected chi connectivity index (χ2v) is 10.2. The summed E-state index contributed by atoms with van der Waals surface area (Å²) in [7, 11) is 1.61. The number of aliphatic hydroxyl groups is 1. The molecule has 38 heavy (non-hydrogen) atoms. The SMILES string of the molecule is COc1ccc2nccc([C@@H](O)CCC3CCN(CC#Cc4ccc(Cl)cc4F)CC3CCC(=O)O)c2c1. The van der Waals surface area contributed by atoms with Crippen molar-refractivity contribution >= 4 is 28.5 Å². The van der Waals surface area contributed by atoms with Crippen LogP contribution in [0.3, 0.4) is 0 Å². The summed E-state index contributed by atoms with van der Waals surface area (Å²) in [5.74, 6) is 5.86. The number of hydrogen-bond donors (Lipinski definition) is 2. The van der Waals surface area contributed by atoms with Gasteiger partial charge in [0.15, 0.2) is 0 Å². The number of fused-ring (bicyclic) bond motifs is 1. The summed E-state index contributed by atoms with van der Waals surface area (Å²) in [5.41, 5.74) is 1.93. The first-order chi connectivity index (χ1) is 18.3. The fraction of sp³-hybridized carbons (Fsp3) is 0.400. The highest BCUT2D eigenvalue weighted by Crippen LogP contribution is 2.35. The third kappa shape index (κ3) is 7.22. The van der Waals surface area contributed by atoms with Gasteiger partial charge in [0.2, 0.25) is 0 Å². The average molecular weight is 539 g/mol. The van der Waals surface area contributed by atoms with Crippen molar-refractivity contribution in [1.82, 2.24) is 9.88 Å². The molecule has 1 aromatic heterocycles. The summed E-state index contributed by atoms with van der Waals surface area (Å²) in [6.45, 7) is 2.02. The van der Waals surface area contributed by atoms with Crippen LogP contribution in [-0.4, -0.2) is 52.8 Å². The van der Waals surface area contributed by atoms with E-state index in [-0.39, 0.29) is 12.3 Å². The van der Waals surface area contributed by atoms with Crippen molar-refractivity contribution in [3.05, 3.63) is 70.6 Å². The molecule has 1 saturated heterocycles. The molecule has 1 fully saturated rings. The molecule has 4 rings (SSSR count). The quantitative estimate of drug-likeness (QED) is 0.340. The van der Waals surface area contributed by atoms with Crippen LogP contribution in [0.15, 0.2) is 48.7 Å². The Morgan fingerprint density at radius 3 is 2.84 bits per heavy atom. The van der Waals surface area contributed by atoms with Gasteiger partial charge in [-0.15, -0.1) is 0 Å². The number of carbonyl (C=O) groups is 1. The number of rotatable bonds is 9. The van der Waals surface area contributed by atoms with Crippen LogP contribution in [0.25, 0.3) is 10.9 Å². The predicted molar refractivity (Wildman–Crippen MR) is 146 cm³/mol. The second kappa shape index (κ2) is 13.1. The lowest BCUT2D eigenvalue weighted by atomic mass is 9.79. The van der Waals surface area contributed by atoms with Gasteiger partial charge in [-0.1, -0.05) is 23.4 Å². The molecule has 1 aliphatic heterocycles. The third-order valence-electron chi connectivity index (χ3n) is 7.31. The molecule has 0 aliphatic carbocycles. The Morgan fingerprint density at radius 2 is 2.08 bits per heavy atom. The van der Waals surface area contributed by atoms with E-state index in [1.807, 2.05) is 24.3 Å². The minimum Gasteiger partial charge on any atom is -0.497 e. The number of pyridine rings is 1. The molecular weight excluding hydrogens is 507 g/mol. The number of aliphatic hydroxyl groups excluding tert-OH is 1. The molecule has 0 radical (unpaired) electrons. The number of ether oxygens (including phenoxy) is 1. The summed E-state index contributed by atoms with van der Waals surface area (Å²) in [5, 5.41) is 21.6. The number of halogens is 2. The van der Waals surface area contributed by atoms with E-state index in [1.165, 1.54) is 6.07 Å². The van der Waals surface area contributed by atoms with Crippen molar-refractivity contribution in [3.63, 3.8) is 0 Å². The van der Waals surface area contributed by atoms with E-state index in [2.05, 4.69) is 21.7 Å². The fourth-order valence-electron chi connectivity index (χ4n) is 5.24. The highest BCUT2D eigenvalue weighted by Gasteiger charge is 2.30. The number of likely N-dealkylation sites (tertiary alicyclic amines) is 1. The molecule has 3 atom stereocenters. The van der Waals surface area contributed by atoms with Crippen molar-refractivity contribution in [2.45, 2.75) is 38.2 Å². The van der Waals surface area contributed by atoms with Crippen LogP contribution in [0.2, 0.25) is 5.02 Å². The number of aromatic nitrogens is 1. The molecule has 8 heteroatoms. The molecule has 0 spiro atoms. The van der Waals surface area contributed by atoms with Gasteiger partial charge in [-0.2, -0.15) is 0 Å². The van der Waals surface area contributed by atoms with Crippen molar-refractivity contribution in [1.29, 1.82) is 0 Å². The van der Waals surface area contributed by atoms with Crippen LogP contribution in [0.1, 0.15) is 49.3 Å². The van der Waals surface area contributed by atoms with Crippen LogP contribution in [0.4, 0.5) is 4.39 Å². The Balaban J connectivity index is 1.40. The van der Waals surface area contributed by atoms with E-state index in [1.54, 1.807) is 25.4 Å². The summed E-state index contributed by atoms with van der Waals surface area (Å²) in [6.07, 6.45) is 3.97. The van der Waals surface area contributed by atoms with E-state index in [0.717, 1.165) is 42.4 Å². The third-order valence-corrected chi connectivity index (χ3v) is 7.55. The standard InChI is InChI=1S/C30H32ClFN2O4/c1-38-24-8-9-28-26(18-24)25(12-14-33-28)29(35)10-5-20-13-16-34(19-22(20)6-11-30(36)37)15-2-3-21-4-7-23(31)17-27(21)32/h4,7-9,12,14,17-18,20,22,29,35H,5-6,10-11,13,15-16,19H2,1H3,(H,36,37)/t20?,22?,29-/m0/s1. The molecule has 200 valence electrons. The van der Waals surface area contributed by atoms with Crippen LogP contribution >= 0.6 is 11.6 Å². The monoisotopic (exact) mass is 538 g/mol. The van der Waals surface area contributed by atoms with E-state index >= 15 is 0 Å². The van der Waals surface area contributed by atoms with Crippen LogP contribution in [0.5, 0.6) is 5.75 Å². The van der Waals surface area contributed by atoms with Crippen molar-refractivity contribution in [3.8, 4) is 17.6 Å². The average Bonchev–Trinajstić information content (AvgIpc) is 2.91. The van der Waals surface area contributed by atoms with Gasteiger partial charge in [-0.3, -0.25) is 14.7 Å². The molecule has 0 amide bonds. The highest BCUT2D eigenvalue weighted by atomic mass is 35.5. The Bertz CT molecular complexity index is 1340. The zero-order valence-electron chi connectivity index (χ0n) is 21.4. The maximum Gasteiger partial charge on any atom is 0.303 e. The van der Waals surface area contributed by atoms with Gasteiger partial charge >= 0.3 is 5.97 Å². The molecule has 2 heterocycles. The summed E-state index contributed by atoms with van der Waals surface area (Å²) >= 11 is 5.81. The number of methoxy groups -OCH3 is 1. The first-order valence-corrected chi connectivity index (χ1v) is 13.2. The first-order valence-electron chi connectivity index (χ1n) is 12.8. The zero-order chi connectivity index (χ0) is 27.1. The van der Waals surface area contributed by atoms with Gasteiger partial charge in [-0.25, -0.2) is 4.39 Å². The van der Waals surface area contributed by atoms with Crippen molar-refractivity contribution in [2.24, 2.45) is 11.8 Å². The normalized spacial score (nSPS) is 18.5. The number of carboxylic acid groups (broad SMARTS) is 1. The molecule has 2 aromatic carbocycles. The molecule has 0 bridgehead atoms. The molecule has 0 saturated carbocycles. The van der Waals surface area contributed by atoms with Gasteiger partial charge in [0, 0.05) is 29.6 Å². The number of carboxylic acids is 1. The molecular formula is C30H32ClFN2O4. The Hall–Kier alpha value is -3.18. The summed E-state index contributed by atoms with van der Waals surface area (Å²) in [4.78, 5) is 17.9. The van der Waals surface area contributed by atoms with Crippen molar-refractivity contribution in [2.75, 3.05) is 26.7 Å². The van der Waals surface area contributed by atoms with E-state index < -0.39 is 17.9 Å². The summed E-state index contributed by atoms with van der Waals surface area (Å²) in [6, 6.07) is 11.9. The van der Waals surface area contributed by atoms with Gasteiger partial charge in [0.25, 0.3) is 0 Å². The van der Waals surface area contributed by atoms with Crippen LogP contribution < -0.4 is 4.74 Å². The van der Waals surface area contributed by atoms with Gasteiger partial charge in [-0.05, 0) is 92.1 Å². The molecule has 1 aliphatic rings. The summed E-state index contributed by atoms with van der Waals surface area (Å²) < 4.78 is 19.4. The maximum atomic E-state index is 14.0. The molecule has 2 N–H and O–H groups in total. The molecule has 2 unspecified atom stereocenters. The molecule has 6 nitrogen and oxygen atoms in total. The fourth-order valence-corrected chi connectivity index (χ4v) is 5.40. The highest BCUT2D eigenvalue weighted by molar-refractivity contribution is 6.30. The Labute approximate surface area is 227 Å². The Morgan fingerprint density at radius 1 is 1.24 bits per heavy atom. The number of aliphatic carboxylic acids is 1. The molecule has 3 aromatic rings. The predicted octanol–water partition coefficient (Wildman–Crippen LogP) is 5.70. The van der Waals surface area contributed by atoms with E-state index in [9.17, 15) is 19.4 Å². The largest absolute Gasteiger partial charge is 0.497 e. The van der Waals surface area contributed by atoms with E-state index in [4.69, 9.17) is 16.3 Å². The smallest absolute Gasteiger partial charge is 0.303 e. The van der Waals surface area contributed by atoms with Gasteiger partial charge < -0.3 is 14.9 Å². The number of hydrogen-bond acceptors (Lipinski definition) is 5.